The zero-order chi connectivity index (χ0) is 17.1. The summed E-state index contributed by atoms with van der Waals surface area (Å²) in [5.74, 6) is 0.00857. The lowest BCUT2D eigenvalue weighted by atomic mass is 10.2. The van der Waals surface area contributed by atoms with Gasteiger partial charge in [0.2, 0.25) is 5.91 Å². The van der Waals surface area contributed by atoms with Crippen molar-refractivity contribution in [2.45, 2.75) is 5.16 Å². The highest BCUT2D eigenvalue weighted by molar-refractivity contribution is 9.10. The van der Waals surface area contributed by atoms with Gasteiger partial charge >= 0.3 is 0 Å². The van der Waals surface area contributed by atoms with Gasteiger partial charge in [0.25, 0.3) is 5.56 Å². The Morgan fingerprint density at radius 2 is 1.92 bits per heavy atom. The molecule has 0 saturated heterocycles. The number of benzene rings is 2. The third-order valence-electron chi connectivity index (χ3n) is 3.42. The molecule has 0 aliphatic heterocycles. The maximum absolute atomic E-state index is 12.3. The number of rotatable bonds is 4. The minimum atomic E-state index is -0.158. The number of carbonyl (C=O) groups excluding carboxylic acids is 1. The Labute approximate surface area is 151 Å². The van der Waals surface area contributed by atoms with Crippen molar-refractivity contribution in [1.29, 1.82) is 0 Å². The number of halogens is 1. The van der Waals surface area contributed by atoms with Crippen molar-refractivity contribution < 1.29 is 4.79 Å². The van der Waals surface area contributed by atoms with Crippen molar-refractivity contribution in [3.8, 4) is 0 Å². The van der Waals surface area contributed by atoms with Gasteiger partial charge in [0.05, 0.1) is 22.3 Å². The van der Waals surface area contributed by atoms with E-state index < -0.39 is 0 Å². The number of hydrogen-bond donors (Lipinski definition) is 1. The maximum Gasteiger partial charge on any atom is 0.261 e. The second-order valence-corrected chi connectivity index (χ2v) is 6.89. The number of carbonyl (C=O) groups is 1. The van der Waals surface area contributed by atoms with E-state index in [9.17, 15) is 9.59 Å². The highest BCUT2D eigenvalue weighted by atomic mass is 79.9. The minimum Gasteiger partial charge on any atom is -0.324 e. The van der Waals surface area contributed by atoms with Crippen molar-refractivity contribution in [3.05, 3.63) is 63.4 Å². The molecule has 3 aromatic rings. The van der Waals surface area contributed by atoms with Gasteiger partial charge in [-0.1, -0.05) is 36.0 Å². The Morgan fingerprint density at radius 3 is 2.71 bits per heavy atom. The lowest BCUT2D eigenvalue weighted by Gasteiger charge is -2.09. The summed E-state index contributed by atoms with van der Waals surface area (Å²) in [7, 11) is 1.66. The average molecular weight is 404 g/mol. The first kappa shape index (κ1) is 16.7. The molecule has 0 spiro atoms. The molecule has 1 N–H and O–H groups in total. The SMILES string of the molecule is Cn1c(SCC(=O)Nc2ccccc2Br)nc2ccccc2c1=O. The molecule has 1 amide bonds. The molecule has 0 bridgehead atoms. The molecule has 24 heavy (non-hydrogen) atoms. The number of aromatic nitrogens is 2. The van der Waals surface area contributed by atoms with E-state index in [-0.39, 0.29) is 17.2 Å². The topological polar surface area (TPSA) is 64.0 Å². The third-order valence-corrected chi connectivity index (χ3v) is 5.14. The van der Waals surface area contributed by atoms with E-state index >= 15 is 0 Å². The number of thioether (sulfide) groups is 1. The lowest BCUT2D eigenvalue weighted by Crippen LogP contribution is -2.21. The van der Waals surface area contributed by atoms with Gasteiger partial charge in [0.15, 0.2) is 5.16 Å². The van der Waals surface area contributed by atoms with Crippen molar-refractivity contribution in [2.24, 2.45) is 7.05 Å². The van der Waals surface area contributed by atoms with Gasteiger partial charge in [-0.05, 0) is 40.2 Å². The summed E-state index contributed by atoms with van der Waals surface area (Å²) in [5, 5.41) is 3.92. The molecule has 0 radical (unpaired) electrons. The molecule has 2 aromatic carbocycles. The molecule has 122 valence electrons. The van der Waals surface area contributed by atoms with Crippen LogP contribution < -0.4 is 10.9 Å². The first-order valence-electron chi connectivity index (χ1n) is 7.19. The van der Waals surface area contributed by atoms with Gasteiger partial charge in [-0.2, -0.15) is 0 Å². The van der Waals surface area contributed by atoms with Crippen LogP contribution in [-0.2, 0) is 11.8 Å². The van der Waals surface area contributed by atoms with Crippen molar-refractivity contribution in [3.63, 3.8) is 0 Å². The van der Waals surface area contributed by atoms with Crippen LogP contribution in [0.4, 0.5) is 5.69 Å². The molecule has 0 saturated carbocycles. The number of fused-ring (bicyclic) bond motifs is 1. The fourth-order valence-corrected chi connectivity index (χ4v) is 3.36. The van der Waals surface area contributed by atoms with E-state index in [1.54, 1.807) is 19.2 Å². The predicted molar refractivity (Wildman–Crippen MR) is 100 cm³/mol. The molecular formula is C17H14BrN3O2S. The maximum atomic E-state index is 12.3. The van der Waals surface area contributed by atoms with Crippen LogP contribution in [0.5, 0.6) is 0 Å². The molecular weight excluding hydrogens is 390 g/mol. The summed E-state index contributed by atoms with van der Waals surface area (Å²) >= 11 is 4.62. The van der Waals surface area contributed by atoms with E-state index in [4.69, 9.17) is 0 Å². The Kier molecular flexibility index (Phi) is 5.01. The van der Waals surface area contributed by atoms with Gasteiger partial charge in [-0.25, -0.2) is 4.98 Å². The second-order valence-electron chi connectivity index (χ2n) is 5.09. The van der Waals surface area contributed by atoms with Crippen LogP contribution >= 0.6 is 27.7 Å². The van der Waals surface area contributed by atoms with Crippen molar-refractivity contribution in [2.75, 3.05) is 11.1 Å². The second kappa shape index (κ2) is 7.19. The lowest BCUT2D eigenvalue weighted by molar-refractivity contribution is -0.113. The van der Waals surface area contributed by atoms with E-state index in [1.807, 2.05) is 36.4 Å². The van der Waals surface area contributed by atoms with Crippen LogP contribution in [-0.4, -0.2) is 21.2 Å². The Balaban J connectivity index is 1.76. The Hall–Kier alpha value is -2.12. The molecule has 0 aliphatic rings. The van der Waals surface area contributed by atoms with Crippen molar-refractivity contribution >= 4 is 50.2 Å². The molecule has 1 heterocycles. The fraction of sp³-hybridized carbons (Fsp3) is 0.118. The van der Waals surface area contributed by atoms with Gasteiger partial charge in [0.1, 0.15) is 0 Å². The van der Waals surface area contributed by atoms with Crippen LogP contribution in [0.2, 0.25) is 0 Å². The third kappa shape index (κ3) is 3.52. The van der Waals surface area contributed by atoms with Crippen LogP contribution in [0.3, 0.4) is 0 Å². The number of hydrogen-bond acceptors (Lipinski definition) is 4. The largest absolute Gasteiger partial charge is 0.324 e. The molecule has 1 aromatic heterocycles. The van der Waals surface area contributed by atoms with E-state index in [0.29, 0.717) is 21.7 Å². The van der Waals surface area contributed by atoms with Crippen molar-refractivity contribution in [1.82, 2.24) is 9.55 Å². The molecule has 0 atom stereocenters. The van der Waals surface area contributed by atoms with Gasteiger partial charge in [-0.3, -0.25) is 14.2 Å². The minimum absolute atomic E-state index is 0.116. The zero-order valence-corrected chi connectivity index (χ0v) is 15.2. The summed E-state index contributed by atoms with van der Waals surface area (Å²) in [6.07, 6.45) is 0. The van der Waals surface area contributed by atoms with Crippen LogP contribution in [0, 0.1) is 0 Å². The highest BCUT2D eigenvalue weighted by Gasteiger charge is 2.11. The summed E-state index contributed by atoms with van der Waals surface area (Å²) in [6, 6.07) is 14.6. The quantitative estimate of drug-likeness (QED) is 0.535. The molecule has 3 rings (SSSR count). The van der Waals surface area contributed by atoms with Crippen LogP contribution in [0.25, 0.3) is 10.9 Å². The molecule has 7 heteroatoms. The van der Waals surface area contributed by atoms with Gasteiger partial charge < -0.3 is 5.32 Å². The van der Waals surface area contributed by atoms with Gasteiger partial charge in [-0.15, -0.1) is 0 Å². The summed E-state index contributed by atoms with van der Waals surface area (Å²) in [4.78, 5) is 28.9. The van der Waals surface area contributed by atoms with E-state index in [2.05, 4.69) is 26.2 Å². The number of amides is 1. The standard InChI is InChI=1S/C17H14BrN3O2S/c1-21-16(23)11-6-2-4-8-13(11)20-17(21)24-10-15(22)19-14-9-5-3-7-12(14)18/h2-9H,10H2,1H3,(H,19,22). The summed E-state index contributed by atoms with van der Waals surface area (Å²) in [6.45, 7) is 0. The highest BCUT2D eigenvalue weighted by Crippen LogP contribution is 2.22. The first-order valence-corrected chi connectivity index (χ1v) is 8.97. The summed E-state index contributed by atoms with van der Waals surface area (Å²) in [5.41, 5.74) is 1.23. The molecule has 0 fully saturated rings. The monoisotopic (exact) mass is 403 g/mol. The smallest absolute Gasteiger partial charge is 0.261 e. The zero-order valence-electron chi connectivity index (χ0n) is 12.8. The Morgan fingerprint density at radius 1 is 1.21 bits per heavy atom. The fourth-order valence-electron chi connectivity index (χ4n) is 2.21. The molecule has 0 aliphatic carbocycles. The number of nitrogens with zero attached hydrogens (tertiary/aromatic N) is 2. The average Bonchev–Trinajstić information content (AvgIpc) is 2.59. The van der Waals surface area contributed by atoms with Crippen LogP contribution in [0.1, 0.15) is 0 Å². The predicted octanol–water partition coefficient (Wildman–Crippen LogP) is 3.43. The molecule has 5 nitrogen and oxygen atoms in total. The van der Waals surface area contributed by atoms with Crippen LogP contribution in [0.15, 0.2) is 63.0 Å². The Bertz CT molecular complexity index is 971. The number of nitrogens with one attached hydrogen (secondary N) is 1. The number of anilines is 1. The number of para-hydroxylation sites is 2. The van der Waals surface area contributed by atoms with Gasteiger partial charge in [0, 0.05) is 11.5 Å². The summed E-state index contributed by atoms with van der Waals surface area (Å²) < 4.78 is 2.29. The molecule has 0 unspecified atom stereocenters. The van der Waals surface area contributed by atoms with E-state index in [0.717, 1.165) is 4.47 Å². The first-order chi connectivity index (χ1) is 11.6. The normalized spacial score (nSPS) is 10.8. The van der Waals surface area contributed by atoms with E-state index in [1.165, 1.54) is 16.3 Å².